The quantitative estimate of drug-likeness (QED) is 0.919. The highest BCUT2D eigenvalue weighted by Gasteiger charge is 2.61. The molecule has 136 valence electrons. The molecule has 1 N–H and O–H groups in total. The molecule has 26 heavy (non-hydrogen) atoms. The second-order valence-electron chi connectivity index (χ2n) is 8.76. The Morgan fingerprint density at radius 2 is 2.08 bits per heavy atom. The normalized spacial score (nSPS) is 34.8. The van der Waals surface area contributed by atoms with Crippen LogP contribution in [-0.2, 0) is 16.9 Å². The predicted octanol–water partition coefficient (Wildman–Crippen LogP) is 2.59. The van der Waals surface area contributed by atoms with Gasteiger partial charge in [-0.2, -0.15) is 5.10 Å². The summed E-state index contributed by atoms with van der Waals surface area (Å²) in [5.74, 6) is 1.46. The third-order valence-electron chi connectivity index (χ3n) is 6.79. The molecule has 2 atom stereocenters. The molecule has 1 amide bonds. The summed E-state index contributed by atoms with van der Waals surface area (Å²) in [6.45, 7) is 2.49. The maximum Gasteiger partial charge on any atom is 0.226 e. The van der Waals surface area contributed by atoms with Gasteiger partial charge in [0.2, 0.25) is 5.91 Å². The Morgan fingerprint density at radius 1 is 1.27 bits per heavy atom. The van der Waals surface area contributed by atoms with Crippen LogP contribution in [-0.4, -0.2) is 25.7 Å². The van der Waals surface area contributed by atoms with E-state index in [9.17, 15) is 4.79 Å². The lowest BCUT2D eigenvalue weighted by atomic mass is 9.46. The lowest BCUT2D eigenvalue weighted by Gasteiger charge is -2.60. The van der Waals surface area contributed by atoms with Crippen LogP contribution in [0.2, 0.25) is 0 Å². The van der Waals surface area contributed by atoms with E-state index in [1.54, 1.807) is 6.33 Å². The van der Waals surface area contributed by atoms with Crippen LogP contribution < -0.4 is 5.32 Å². The van der Waals surface area contributed by atoms with Crippen LogP contribution in [0.5, 0.6) is 0 Å². The molecular formula is C20H25N5O. The molecule has 2 aromatic heterocycles. The van der Waals surface area contributed by atoms with Crippen LogP contribution in [0.3, 0.4) is 0 Å². The lowest BCUT2D eigenvalue weighted by Crippen LogP contribution is -2.61. The number of hydrogen-bond donors (Lipinski definition) is 1. The van der Waals surface area contributed by atoms with Crippen LogP contribution in [0.15, 0.2) is 30.9 Å². The number of carbonyl (C=O) groups is 1. The van der Waals surface area contributed by atoms with Gasteiger partial charge in [0.05, 0.1) is 23.2 Å². The molecule has 6 heteroatoms. The minimum Gasteiger partial charge on any atom is -0.350 e. The molecule has 0 spiro atoms. The zero-order chi connectivity index (χ0) is 17.8. The van der Waals surface area contributed by atoms with Crippen LogP contribution >= 0.6 is 0 Å². The van der Waals surface area contributed by atoms with Gasteiger partial charge in [0.25, 0.3) is 0 Å². The molecule has 4 saturated carbocycles. The Balaban J connectivity index is 1.39. The first-order chi connectivity index (χ1) is 12.6. The van der Waals surface area contributed by atoms with E-state index in [1.165, 1.54) is 6.42 Å². The van der Waals surface area contributed by atoms with E-state index in [0.29, 0.717) is 18.4 Å². The smallest absolute Gasteiger partial charge is 0.226 e. The lowest BCUT2D eigenvalue weighted by molar-refractivity contribution is -0.156. The minimum atomic E-state index is -0.250. The SMILES string of the molecule is Cc1cccc(CNC(=O)C23C[C@H]4C[C@H](C2)CC(n2cncn2)(C4)C3)n1. The first-order valence-corrected chi connectivity index (χ1v) is 9.63. The predicted molar refractivity (Wildman–Crippen MR) is 95.9 cm³/mol. The largest absolute Gasteiger partial charge is 0.350 e. The van der Waals surface area contributed by atoms with Gasteiger partial charge in [-0.1, -0.05) is 6.07 Å². The van der Waals surface area contributed by atoms with Crippen molar-refractivity contribution in [1.29, 1.82) is 0 Å². The first-order valence-electron chi connectivity index (χ1n) is 9.63. The molecule has 6 rings (SSSR count). The van der Waals surface area contributed by atoms with Gasteiger partial charge < -0.3 is 5.32 Å². The summed E-state index contributed by atoms with van der Waals surface area (Å²) in [5, 5.41) is 7.66. The van der Waals surface area contributed by atoms with E-state index in [4.69, 9.17) is 0 Å². The number of amides is 1. The highest BCUT2D eigenvalue weighted by Crippen LogP contribution is 2.64. The molecule has 0 radical (unpaired) electrons. The molecule has 4 aliphatic rings. The second kappa shape index (κ2) is 5.63. The summed E-state index contributed by atoms with van der Waals surface area (Å²) in [4.78, 5) is 22.0. The van der Waals surface area contributed by atoms with Crippen molar-refractivity contribution in [2.24, 2.45) is 17.3 Å². The van der Waals surface area contributed by atoms with Crippen molar-refractivity contribution in [1.82, 2.24) is 25.1 Å². The van der Waals surface area contributed by atoms with E-state index in [2.05, 4.69) is 25.1 Å². The number of pyridine rings is 1. The average molecular weight is 351 g/mol. The van der Waals surface area contributed by atoms with Crippen molar-refractivity contribution < 1.29 is 4.79 Å². The minimum absolute atomic E-state index is 0.0144. The van der Waals surface area contributed by atoms with Gasteiger partial charge in [-0.15, -0.1) is 0 Å². The zero-order valence-corrected chi connectivity index (χ0v) is 15.2. The van der Waals surface area contributed by atoms with Crippen molar-refractivity contribution in [3.05, 3.63) is 42.2 Å². The standard InChI is InChI=1S/C20H25N5O/c1-14-3-2-4-17(24-14)10-22-18(26)19-6-15-5-16(7-19)9-20(8-15,11-19)25-13-21-12-23-25/h2-4,12-13,15-16H,5-11H2,1H3,(H,22,26)/t15-,16-,19?,20?/m1/s1. The van der Waals surface area contributed by atoms with Crippen LogP contribution in [0, 0.1) is 24.2 Å². The van der Waals surface area contributed by atoms with Gasteiger partial charge >= 0.3 is 0 Å². The number of nitrogens with zero attached hydrogens (tertiary/aromatic N) is 4. The number of hydrogen-bond acceptors (Lipinski definition) is 4. The Bertz CT molecular complexity index is 816. The van der Waals surface area contributed by atoms with E-state index in [1.807, 2.05) is 31.5 Å². The summed E-state index contributed by atoms with van der Waals surface area (Å²) in [7, 11) is 0. The third-order valence-corrected chi connectivity index (χ3v) is 6.79. The van der Waals surface area contributed by atoms with Gasteiger partial charge in [-0.3, -0.25) is 9.78 Å². The Hall–Kier alpha value is -2.24. The second-order valence-corrected chi connectivity index (χ2v) is 8.76. The van der Waals surface area contributed by atoms with Gasteiger partial charge in [0, 0.05) is 5.69 Å². The van der Waals surface area contributed by atoms with Crippen molar-refractivity contribution in [3.8, 4) is 0 Å². The Labute approximate surface area is 153 Å². The molecule has 2 heterocycles. The van der Waals surface area contributed by atoms with Crippen molar-refractivity contribution in [2.45, 2.75) is 57.5 Å². The molecule has 0 aliphatic heterocycles. The molecule has 6 nitrogen and oxygen atoms in total. The number of carbonyl (C=O) groups excluding carboxylic acids is 1. The summed E-state index contributed by atoms with van der Waals surface area (Å²) >= 11 is 0. The topological polar surface area (TPSA) is 72.7 Å². The van der Waals surface area contributed by atoms with Crippen LogP contribution in [0.25, 0.3) is 0 Å². The summed E-state index contributed by atoms with van der Waals surface area (Å²) in [6, 6.07) is 5.95. The van der Waals surface area contributed by atoms with E-state index >= 15 is 0 Å². The first kappa shape index (κ1) is 16.0. The number of rotatable bonds is 4. The van der Waals surface area contributed by atoms with E-state index < -0.39 is 0 Å². The maximum absolute atomic E-state index is 13.3. The molecular weight excluding hydrogens is 326 g/mol. The summed E-state index contributed by atoms with van der Waals surface area (Å²) in [5.41, 5.74) is 1.64. The van der Waals surface area contributed by atoms with Crippen molar-refractivity contribution in [2.75, 3.05) is 0 Å². The van der Waals surface area contributed by atoms with Crippen LogP contribution in [0.4, 0.5) is 0 Å². The fraction of sp³-hybridized carbons (Fsp3) is 0.600. The highest BCUT2D eigenvalue weighted by molar-refractivity contribution is 5.83. The molecule has 4 aliphatic carbocycles. The molecule has 0 saturated heterocycles. The molecule has 4 bridgehead atoms. The van der Waals surface area contributed by atoms with E-state index in [-0.39, 0.29) is 16.9 Å². The number of aryl methyl sites for hydroxylation is 1. The van der Waals surface area contributed by atoms with Gasteiger partial charge in [-0.25, -0.2) is 9.67 Å². The number of nitrogens with one attached hydrogen (secondary N) is 1. The molecule has 2 aromatic rings. The monoisotopic (exact) mass is 351 g/mol. The number of aromatic nitrogens is 4. The van der Waals surface area contributed by atoms with Crippen LogP contribution in [0.1, 0.15) is 49.9 Å². The zero-order valence-electron chi connectivity index (χ0n) is 15.2. The van der Waals surface area contributed by atoms with Gasteiger partial charge in [0.15, 0.2) is 0 Å². The Kier molecular flexibility index (Phi) is 3.46. The Morgan fingerprint density at radius 3 is 2.77 bits per heavy atom. The highest BCUT2D eigenvalue weighted by atomic mass is 16.2. The fourth-order valence-electron chi connectivity index (χ4n) is 6.26. The fourth-order valence-corrected chi connectivity index (χ4v) is 6.26. The van der Waals surface area contributed by atoms with Crippen molar-refractivity contribution in [3.63, 3.8) is 0 Å². The third kappa shape index (κ3) is 2.46. The molecule has 4 fully saturated rings. The van der Waals surface area contributed by atoms with E-state index in [0.717, 1.165) is 43.5 Å². The average Bonchev–Trinajstić information content (AvgIpc) is 3.14. The summed E-state index contributed by atoms with van der Waals surface area (Å²) in [6.07, 6.45) is 9.95. The van der Waals surface area contributed by atoms with Gasteiger partial charge in [-0.05, 0) is 69.4 Å². The molecule has 0 aromatic carbocycles. The van der Waals surface area contributed by atoms with Crippen molar-refractivity contribution >= 4 is 5.91 Å². The van der Waals surface area contributed by atoms with Gasteiger partial charge in [0.1, 0.15) is 12.7 Å². The maximum atomic E-state index is 13.3. The summed E-state index contributed by atoms with van der Waals surface area (Å²) < 4.78 is 2.05. The molecule has 0 unspecified atom stereocenters.